The van der Waals surface area contributed by atoms with Gasteiger partial charge in [-0.15, -0.1) is 0 Å². The zero-order valence-corrected chi connectivity index (χ0v) is 13.2. The van der Waals surface area contributed by atoms with Crippen LogP contribution in [0, 0.1) is 5.92 Å². The first-order valence-corrected chi connectivity index (χ1v) is 7.99. The summed E-state index contributed by atoms with van der Waals surface area (Å²) in [7, 11) is 0. The van der Waals surface area contributed by atoms with Gasteiger partial charge in [0.15, 0.2) is 0 Å². The topological polar surface area (TPSA) is 91.6 Å². The SMILES string of the molecule is O=C(CCC1Cc2ccccc2NC1=O)NC(CO)c1ccco1. The molecule has 3 rings (SSSR count). The number of carbonyl (C=O) groups excluding carboxylic acids is 2. The Bertz CT molecular complexity index is 712. The Labute approximate surface area is 139 Å². The minimum atomic E-state index is -0.562. The minimum Gasteiger partial charge on any atom is -0.467 e. The summed E-state index contributed by atoms with van der Waals surface area (Å²) in [4.78, 5) is 24.2. The lowest BCUT2D eigenvalue weighted by Crippen LogP contribution is -2.33. The Morgan fingerprint density at radius 2 is 2.17 bits per heavy atom. The van der Waals surface area contributed by atoms with Crippen molar-refractivity contribution in [3.05, 3.63) is 54.0 Å². The molecule has 2 amide bonds. The lowest BCUT2D eigenvalue weighted by atomic mass is 9.89. The number of carbonyl (C=O) groups is 2. The molecule has 2 heterocycles. The second-order valence-corrected chi connectivity index (χ2v) is 5.90. The van der Waals surface area contributed by atoms with E-state index < -0.39 is 6.04 Å². The third kappa shape index (κ3) is 3.65. The Balaban J connectivity index is 1.54. The average molecular weight is 328 g/mol. The van der Waals surface area contributed by atoms with Gasteiger partial charge in [0.05, 0.1) is 12.9 Å². The van der Waals surface area contributed by atoms with Crippen molar-refractivity contribution in [2.24, 2.45) is 5.92 Å². The number of aliphatic hydroxyl groups is 1. The molecule has 0 radical (unpaired) electrons. The monoisotopic (exact) mass is 328 g/mol. The van der Waals surface area contributed by atoms with E-state index in [9.17, 15) is 14.7 Å². The number of hydrogen-bond acceptors (Lipinski definition) is 4. The van der Waals surface area contributed by atoms with Crippen molar-refractivity contribution in [1.29, 1.82) is 0 Å². The number of amides is 2. The van der Waals surface area contributed by atoms with Crippen molar-refractivity contribution < 1.29 is 19.1 Å². The van der Waals surface area contributed by atoms with Gasteiger partial charge >= 0.3 is 0 Å². The van der Waals surface area contributed by atoms with Gasteiger partial charge in [0.25, 0.3) is 0 Å². The number of nitrogens with one attached hydrogen (secondary N) is 2. The Morgan fingerprint density at radius 3 is 2.92 bits per heavy atom. The maximum absolute atomic E-state index is 12.1. The summed E-state index contributed by atoms with van der Waals surface area (Å²) in [5.74, 6) is 0.0281. The molecule has 0 fully saturated rings. The fourth-order valence-electron chi connectivity index (χ4n) is 2.91. The highest BCUT2D eigenvalue weighted by molar-refractivity contribution is 5.96. The molecule has 6 nitrogen and oxygen atoms in total. The second kappa shape index (κ2) is 7.31. The smallest absolute Gasteiger partial charge is 0.227 e. The van der Waals surface area contributed by atoms with Crippen LogP contribution in [0.25, 0.3) is 0 Å². The number of anilines is 1. The summed E-state index contributed by atoms with van der Waals surface area (Å²) in [5.41, 5.74) is 1.94. The highest BCUT2D eigenvalue weighted by Crippen LogP contribution is 2.27. The first-order valence-electron chi connectivity index (χ1n) is 7.99. The normalized spacial score (nSPS) is 17.7. The van der Waals surface area contributed by atoms with E-state index in [1.165, 1.54) is 6.26 Å². The van der Waals surface area contributed by atoms with Gasteiger partial charge in [-0.1, -0.05) is 18.2 Å². The van der Waals surface area contributed by atoms with Crippen LogP contribution in [0.2, 0.25) is 0 Å². The summed E-state index contributed by atoms with van der Waals surface area (Å²) in [6.45, 7) is -0.240. The van der Waals surface area contributed by atoms with Gasteiger partial charge in [-0.3, -0.25) is 9.59 Å². The summed E-state index contributed by atoms with van der Waals surface area (Å²) >= 11 is 0. The fraction of sp³-hybridized carbons (Fsp3) is 0.333. The maximum atomic E-state index is 12.1. The van der Waals surface area contributed by atoms with Crippen LogP contribution < -0.4 is 10.6 Å². The Hall–Kier alpha value is -2.60. The number of para-hydroxylation sites is 1. The van der Waals surface area contributed by atoms with Gasteiger partial charge in [0.2, 0.25) is 11.8 Å². The molecule has 0 bridgehead atoms. The van der Waals surface area contributed by atoms with Crippen molar-refractivity contribution in [1.82, 2.24) is 5.32 Å². The molecular weight excluding hydrogens is 308 g/mol. The zero-order chi connectivity index (χ0) is 16.9. The molecule has 1 aliphatic heterocycles. The van der Waals surface area contributed by atoms with Crippen LogP contribution in [0.15, 0.2) is 47.1 Å². The Morgan fingerprint density at radius 1 is 1.33 bits per heavy atom. The van der Waals surface area contributed by atoms with Crippen molar-refractivity contribution in [2.75, 3.05) is 11.9 Å². The van der Waals surface area contributed by atoms with Crippen molar-refractivity contribution in [3.63, 3.8) is 0 Å². The van der Waals surface area contributed by atoms with Crippen LogP contribution in [-0.4, -0.2) is 23.5 Å². The van der Waals surface area contributed by atoms with Gasteiger partial charge in [-0.25, -0.2) is 0 Å². The van der Waals surface area contributed by atoms with Gasteiger partial charge in [0, 0.05) is 18.0 Å². The molecule has 1 aliphatic rings. The molecule has 2 aromatic rings. The number of furan rings is 1. The van der Waals surface area contributed by atoms with Crippen molar-refractivity contribution in [3.8, 4) is 0 Å². The molecule has 0 saturated carbocycles. The number of benzene rings is 1. The first kappa shape index (κ1) is 16.3. The summed E-state index contributed by atoms with van der Waals surface area (Å²) in [6.07, 6.45) is 2.81. The predicted molar refractivity (Wildman–Crippen MR) is 88.2 cm³/mol. The van der Waals surface area contributed by atoms with Gasteiger partial charge in [-0.05, 0) is 36.6 Å². The van der Waals surface area contributed by atoms with Gasteiger partial charge in [-0.2, -0.15) is 0 Å². The molecule has 0 saturated heterocycles. The van der Waals surface area contributed by atoms with Crippen LogP contribution in [0.5, 0.6) is 0 Å². The summed E-state index contributed by atoms with van der Waals surface area (Å²) < 4.78 is 5.20. The van der Waals surface area contributed by atoms with E-state index in [0.717, 1.165) is 11.3 Å². The van der Waals surface area contributed by atoms with E-state index in [4.69, 9.17) is 4.42 Å². The largest absolute Gasteiger partial charge is 0.467 e. The van der Waals surface area contributed by atoms with E-state index in [1.54, 1.807) is 12.1 Å². The molecule has 1 aromatic carbocycles. The van der Waals surface area contributed by atoms with Gasteiger partial charge in [0.1, 0.15) is 11.8 Å². The number of hydrogen-bond donors (Lipinski definition) is 3. The van der Waals surface area contributed by atoms with E-state index in [-0.39, 0.29) is 30.8 Å². The van der Waals surface area contributed by atoms with E-state index in [2.05, 4.69) is 10.6 Å². The standard InChI is InChI=1S/C18H20N2O4/c21-11-15(16-6-3-9-24-16)19-17(22)8-7-13-10-12-4-1-2-5-14(12)20-18(13)23/h1-6,9,13,15,21H,7-8,10-11H2,(H,19,22)(H,20,23). The van der Waals surface area contributed by atoms with E-state index >= 15 is 0 Å². The molecule has 2 unspecified atom stereocenters. The molecule has 2 atom stereocenters. The highest BCUT2D eigenvalue weighted by atomic mass is 16.3. The van der Waals surface area contributed by atoms with Crippen LogP contribution in [-0.2, 0) is 16.0 Å². The molecule has 1 aromatic heterocycles. The van der Waals surface area contributed by atoms with Crippen LogP contribution >= 0.6 is 0 Å². The number of rotatable bonds is 6. The molecule has 3 N–H and O–H groups in total. The molecule has 0 aliphatic carbocycles. The van der Waals surface area contributed by atoms with Crippen molar-refractivity contribution in [2.45, 2.75) is 25.3 Å². The molecule has 6 heteroatoms. The zero-order valence-electron chi connectivity index (χ0n) is 13.2. The molecule has 0 spiro atoms. The maximum Gasteiger partial charge on any atom is 0.227 e. The summed E-state index contributed by atoms with van der Waals surface area (Å²) in [6, 6.07) is 10.5. The van der Waals surface area contributed by atoms with E-state index in [0.29, 0.717) is 18.6 Å². The molecule has 24 heavy (non-hydrogen) atoms. The molecular formula is C18H20N2O4. The third-order valence-electron chi connectivity index (χ3n) is 4.24. The van der Waals surface area contributed by atoms with Crippen LogP contribution in [0.4, 0.5) is 5.69 Å². The van der Waals surface area contributed by atoms with E-state index in [1.807, 2.05) is 24.3 Å². The Kier molecular flexibility index (Phi) is 4.96. The van der Waals surface area contributed by atoms with Crippen molar-refractivity contribution >= 4 is 17.5 Å². The third-order valence-corrected chi connectivity index (χ3v) is 4.24. The lowest BCUT2D eigenvalue weighted by Gasteiger charge is -2.24. The quantitative estimate of drug-likeness (QED) is 0.756. The number of aliphatic hydroxyl groups excluding tert-OH is 1. The number of fused-ring (bicyclic) bond motifs is 1. The highest BCUT2D eigenvalue weighted by Gasteiger charge is 2.26. The molecule has 126 valence electrons. The lowest BCUT2D eigenvalue weighted by molar-refractivity contribution is -0.123. The predicted octanol–water partition coefficient (Wildman–Crippen LogP) is 2.02. The van der Waals surface area contributed by atoms with Crippen LogP contribution in [0.3, 0.4) is 0 Å². The first-order chi connectivity index (χ1) is 11.7. The summed E-state index contributed by atoms with van der Waals surface area (Å²) in [5, 5.41) is 15.0. The van der Waals surface area contributed by atoms with Gasteiger partial charge < -0.3 is 20.2 Å². The minimum absolute atomic E-state index is 0.0498. The second-order valence-electron chi connectivity index (χ2n) is 5.90. The van der Waals surface area contributed by atoms with Crippen LogP contribution in [0.1, 0.15) is 30.2 Å². The fourth-order valence-corrected chi connectivity index (χ4v) is 2.91. The average Bonchev–Trinajstić information content (AvgIpc) is 3.12.